The van der Waals surface area contributed by atoms with Crippen LogP contribution >= 0.6 is 0 Å². The second-order valence-electron chi connectivity index (χ2n) is 8.20. The van der Waals surface area contributed by atoms with E-state index < -0.39 is 11.7 Å². The number of hydrogen-bond acceptors (Lipinski definition) is 2. The molecule has 0 aromatic heterocycles. The summed E-state index contributed by atoms with van der Waals surface area (Å²) in [5, 5.41) is 0. The Morgan fingerprint density at radius 1 is 0.966 bits per heavy atom. The van der Waals surface area contributed by atoms with Crippen LogP contribution in [0.4, 0.5) is 13.2 Å². The van der Waals surface area contributed by atoms with E-state index in [9.17, 15) is 13.2 Å². The maximum absolute atomic E-state index is 13.0. The Kier molecular flexibility index (Phi) is 5.79. The molecule has 0 saturated heterocycles. The van der Waals surface area contributed by atoms with Crippen LogP contribution in [0.1, 0.15) is 34.2 Å². The van der Waals surface area contributed by atoms with Gasteiger partial charge in [-0.1, -0.05) is 36.4 Å². The molecule has 154 valence electrons. The van der Waals surface area contributed by atoms with Crippen molar-refractivity contribution in [2.45, 2.75) is 32.0 Å². The SMILES string of the molecule is CN1CCc2ccc(CCN3CC=C(c4cccc(C(F)(F)F)c4)CC3)cc2C1. The summed E-state index contributed by atoms with van der Waals surface area (Å²) in [5.74, 6) is 0. The molecular weight excluding hydrogens is 373 g/mol. The van der Waals surface area contributed by atoms with Crippen molar-refractivity contribution in [3.63, 3.8) is 0 Å². The minimum absolute atomic E-state index is 0.573. The maximum Gasteiger partial charge on any atom is 0.416 e. The zero-order valence-electron chi connectivity index (χ0n) is 16.8. The molecule has 0 amide bonds. The van der Waals surface area contributed by atoms with E-state index in [2.05, 4.69) is 41.1 Å². The van der Waals surface area contributed by atoms with E-state index in [1.165, 1.54) is 28.8 Å². The van der Waals surface area contributed by atoms with Crippen molar-refractivity contribution in [2.75, 3.05) is 33.2 Å². The van der Waals surface area contributed by atoms with Crippen molar-refractivity contribution in [3.8, 4) is 0 Å². The highest BCUT2D eigenvalue weighted by Gasteiger charge is 2.30. The van der Waals surface area contributed by atoms with Crippen molar-refractivity contribution in [1.82, 2.24) is 9.80 Å². The summed E-state index contributed by atoms with van der Waals surface area (Å²) < 4.78 is 38.9. The average Bonchev–Trinajstić information content (AvgIpc) is 2.72. The average molecular weight is 400 g/mol. The minimum atomic E-state index is -4.29. The van der Waals surface area contributed by atoms with Crippen molar-refractivity contribution in [3.05, 3.63) is 76.4 Å². The van der Waals surface area contributed by atoms with Gasteiger partial charge in [0, 0.05) is 32.7 Å². The summed E-state index contributed by atoms with van der Waals surface area (Å²) in [6.07, 6.45) is 0.711. The molecule has 29 heavy (non-hydrogen) atoms. The fraction of sp³-hybridized carbons (Fsp3) is 0.417. The Morgan fingerprint density at radius 2 is 1.83 bits per heavy atom. The largest absolute Gasteiger partial charge is 0.416 e. The van der Waals surface area contributed by atoms with Crippen LogP contribution in [-0.2, 0) is 25.6 Å². The Balaban J connectivity index is 1.35. The van der Waals surface area contributed by atoms with Gasteiger partial charge in [-0.05, 0) is 66.3 Å². The molecule has 0 spiro atoms. The molecule has 5 heteroatoms. The Bertz CT molecular complexity index is 901. The maximum atomic E-state index is 13.0. The molecule has 0 aliphatic carbocycles. The standard InChI is InChI=1S/C24H27F3N2/c1-28-11-8-19-6-5-18(15-22(19)17-28)7-12-29-13-9-20(10-14-29)21-3-2-4-23(16-21)24(25,26)27/h2-6,9,15-16H,7-8,10-14,17H2,1H3. The van der Waals surface area contributed by atoms with Gasteiger partial charge in [0.25, 0.3) is 0 Å². The summed E-state index contributed by atoms with van der Waals surface area (Å²) in [6, 6.07) is 12.6. The minimum Gasteiger partial charge on any atom is -0.302 e. The van der Waals surface area contributed by atoms with Crippen molar-refractivity contribution < 1.29 is 13.2 Å². The van der Waals surface area contributed by atoms with Crippen LogP contribution in [-0.4, -0.2) is 43.0 Å². The van der Waals surface area contributed by atoms with Crippen LogP contribution in [0, 0.1) is 0 Å². The first-order chi connectivity index (χ1) is 13.9. The molecule has 2 aromatic carbocycles. The Morgan fingerprint density at radius 3 is 2.59 bits per heavy atom. The molecule has 4 rings (SSSR count). The highest BCUT2D eigenvalue weighted by Crippen LogP contribution is 2.32. The molecule has 2 aromatic rings. The van der Waals surface area contributed by atoms with E-state index >= 15 is 0 Å². The first-order valence-corrected chi connectivity index (χ1v) is 10.3. The van der Waals surface area contributed by atoms with Gasteiger partial charge in [0.2, 0.25) is 0 Å². The van der Waals surface area contributed by atoms with Crippen molar-refractivity contribution in [1.29, 1.82) is 0 Å². The second-order valence-corrected chi connectivity index (χ2v) is 8.20. The predicted octanol–water partition coefficient (Wildman–Crippen LogP) is 5.03. The molecule has 2 nitrogen and oxygen atoms in total. The smallest absolute Gasteiger partial charge is 0.302 e. The summed E-state index contributed by atoms with van der Waals surface area (Å²) in [7, 11) is 2.16. The Labute approximate surface area is 170 Å². The number of alkyl halides is 3. The third-order valence-corrected chi connectivity index (χ3v) is 6.04. The number of likely N-dealkylation sites (N-methyl/N-ethyl adjacent to an activating group) is 1. The number of rotatable bonds is 4. The third-order valence-electron chi connectivity index (χ3n) is 6.04. The van der Waals surface area contributed by atoms with Gasteiger partial charge in [0.15, 0.2) is 0 Å². The zero-order chi connectivity index (χ0) is 20.4. The second kappa shape index (κ2) is 8.33. The van der Waals surface area contributed by atoms with E-state index in [1.807, 2.05) is 0 Å². The first kappa shape index (κ1) is 20.2. The van der Waals surface area contributed by atoms with E-state index in [1.54, 1.807) is 6.07 Å². The van der Waals surface area contributed by atoms with Gasteiger partial charge in [-0.2, -0.15) is 13.2 Å². The predicted molar refractivity (Wildman–Crippen MR) is 111 cm³/mol. The van der Waals surface area contributed by atoms with Gasteiger partial charge >= 0.3 is 6.18 Å². The lowest BCUT2D eigenvalue weighted by atomic mass is 9.96. The summed E-state index contributed by atoms with van der Waals surface area (Å²) in [6.45, 7) is 4.80. The number of nitrogens with zero attached hydrogens (tertiary/aromatic N) is 2. The lowest BCUT2D eigenvalue weighted by molar-refractivity contribution is -0.137. The molecule has 0 radical (unpaired) electrons. The molecule has 0 atom stereocenters. The number of halogens is 3. The molecular formula is C24H27F3N2. The van der Waals surface area contributed by atoms with Crippen LogP contribution < -0.4 is 0 Å². The van der Waals surface area contributed by atoms with Gasteiger partial charge in [-0.15, -0.1) is 0 Å². The summed E-state index contributed by atoms with van der Waals surface area (Å²) in [5.41, 5.74) is 5.42. The number of benzene rings is 2. The van der Waals surface area contributed by atoms with Crippen LogP contribution in [0.25, 0.3) is 5.57 Å². The van der Waals surface area contributed by atoms with Gasteiger partial charge in [-0.3, -0.25) is 4.90 Å². The van der Waals surface area contributed by atoms with Gasteiger partial charge in [0.1, 0.15) is 0 Å². The third kappa shape index (κ3) is 4.90. The number of fused-ring (bicyclic) bond motifs is 1. The molecule has 2 heterocycles. The zero-order valence-corrected chi connectivity index (χ0v) is 16.8. The fourth-order valence-corrected chi connectivity index (χ4v) is 4.27. The first-order valence-electron chi connectivity index (χ1n) is 10.3. The summed E-state index contributed by atoms with van der Waals surface area (Å²) in [4.78, 5) is 4.74. The van der Waals surface area contributed by atoms with Gasteiger partial charge in [0.05, 0.1) is 5.56 Å². The van der Waals surface area contributed by atoms with Gasteiger partial charge in [-0.25, -0.2) is 0 Å². The van der Waals surface area contributed by atoms with E-state index in [-0.39, 0.29) is 0 Å². The molecule has 2 aliphatic heterocycles. The lowest BCUT2D eigenvalue weighted by Crippen LogP contribution is -2.30. The summed E-state index contributed by atoms with van der Waals surface area (Å²) >= 11 is 0. The van der Waals surface area contributed by atoms with Crippen molar-refractivity contribution in [2.24, 2.45) is 0 Å². The van der Waals surface area contributed by atoms with E-state index in [0.29, 0.717) is 5.56 Å². The molecule has 0 saturated carbocycles. The van der Waals surface area contributed by atoms with E-state index in [4.69, 9.17) is 0 Å². The Hall–Kier alpha value is -2.11. The topological polar surface area (TPSA) is 6.48 Å². The van der Waals surface area contributed by atoms with Crippen LogP contribution in [0.3, 0.4) is 0 Å². The van der Waals surface area contributed by atoms with Crippen LogP contribution in [0.2, 0.25) is 0 Å². The van der Waals surface area contributed by atoms with Gasteiger partial charge < -0.3 is 4.90 Å². The molecule has 0 fully saturated rings. The van der Waals surface area contributed by atoms with Crippen LogP contribution in [0.5, 0.6) is 0 Å². The lowest BCUT2D eigenvalue weighted by Gasteiger charge is -2.27. The molecule has 0 N–H and O–H groups in total. The monoisotopic (exact) mass is 400 g/mol. The highest BCUT2D eigenvalue weighted by atomic mass is 19.4. The van der Waals surface area contributed by atoms with E-state index in [0.717, 1.165) is 63.6 Å². The van der Waals surface area contributed by atoms with Crippen molar-refractivity contribution >= 4 is 5.57 Å². The fourth-order valence-electron chi connectivity index (χ4n) is 4.27. The molecule has 2 aliphatic rings. The highest BCUT2D eigenvalue weighted by molar-refractivity contribution is 5.67. The number of hydrogen-bond donors (Lipinski definition) is 0. The quantitative estimate of drug-likeness (QED) is 0.711. The molecule has 0 bridgehead atoms. The van der Waals surface area contributed by atoms with Crippen LogP contribution in [0.15, 0.2) is 48.5 Å². The normalized spacial score (nSPS) is 18.4. The molecule has 0 unspecified atom stereocenters.